The molecule has 2 aromatic heterocycles. The lowest BCUT2D eigenvalue weighted by molar-refractivity contribution is 0.208. The van der Waals surface area contributed by atoms with Gasteiger partial charge in [-0.2, -0.15) is 5.10 Å². The van der Waals surface area contributed by atoms with E-state index in [1.807, 2.05) is 44.3 Å². The molecule has 1 aromatic carbocycles. The van der Waals surface area contributed by atoms with Gasteiger partial charge in [-0.3, -0.25) is 5.10 Å². The number of ether oxygens (including phenoxy) is 1. The smallest absolute Gasteiger partial charge is 0.129 e. The summed E-state index contributed by atoms with van der Waals surface area (Å²) >= 11 is 0. The molecular formula is C21H26N4O2. The quantitative estimate of drug-likeness (QED) is 0.721. The van der Waals surface area contributed by atoms with E-state index in [0.29, 0.717) is 5.92 Å². The lowest BCUT2D eigenvalue weighted by Crippen LogP contribution is -2.37. The van der Waals surface area contributed by atoms with Crippen molar-refractivity contribution in [1.29, 1.82) is 0 Å². The maximum atomic E-state index is 9.49. The third-order valence-electron chi connectivity index (χ3n) is 5.03. The molecule has 0 saturated carbocycles. The van der Waals surface area contributed by atoms with Crippen molar-refractivity contribution in [3.63, 3.8) is 0 Å². The van der Waals surface area contributed by atoms with Gasteiger partial charge in [0.15, 0.2) is 0 Å². The molecule has 0 radical (unpaired) electrons. The summed E-state index contributed by atoms with van der Waals surface area (Å²) < 4.78 is 5.84. The van der Waals surface area contributed by atoms with E-state index < -0.39 is 0 Å². The van der Waals surface area contributed by atoms with Crippen LogP contribution < -0.4 is 9.64 Å². The number of nitrogens with zero attached hydrogens (tertiary/aromatic N) is 3. The molecule has 0 bridgehead atoms. The van der Waals surface area contributed by atoms with E-state index in [4.69, 9.17) is 4.74 Å². The average molecular weight is 366 g/mol. The molecule has 0 amide bonds. The highest BCUT2D eigenvalue weighted by molar-refractivity contribution is 5.94. The van der Waals surface area contributed by atoms with E-state index in [0.717, 1.165) is 59.7 Å². The van der Waals surface area contributed by atoms with Crippen LogP contribution >= 0.6 is 0 Å². The van der Waals surface area contributed by atoms with Crippen molar-refractivity contribution < 1.29 is 9.84 Å². The molecule has 6 nitrogen and oxygen atoms in total. The van der Waals surface area contributed by atoms with E-state index >= 15 is 0 Å². The molecule has 1 fully saturated rings. The van der Waals surface area contributed by atoms with Crippen molar-refractivity contribution >= 4 is 16.7 Å². The van der Waals surface area contributed by atoms with Crippen molar-refractivity contribution in [3.05, 3.63) is 36.5 Å². The molecule has 1 saturated heterocycles. The second-order valence-corrected chi connectivity index (χ2v) is 7.49. The Bertz CT molecular complexity index is 921. The number of pyridine rings is 1. The lowest BCUT2D eigenvalue weighted by Gasteiger charge is -2.32. The fourth-order valence-electron chi connectivity index (χ4n) is 3.72. The van der Waals surface area contributed by atoms with Gasteiger partial charge in [0.05, 0.1) is 11.6 Å². The van der Waals surface area contributed by atoms with Crippen LogP contribution in [0.4, 0.5) is 5.82 Å². The summed E-state index contributed by atoms with van der Waals surface area (Å²) in [6.45, 7) is 6.10. The Morgan fingerprint density at radius 1 is 1.30 bits per heavy atom. The van der Waals surface area contributed by atoms with Gasteiger partial charge >= 0.3 is 0 Å². The van der Waals surface area contributed by atoms with E-state index in [1.54, 1.807) is 0 Å². The van der Waals surface area contributed by atoms with Crippen LogP contribution in [0.25, 0.3) is 22.2 Å². The molecule has 1 unspecified atom stereocenters. The first kappa shape index (κ1) is 17.8. The van der Waals surface area contributed by atoms with Crippen molar-refractivity contribution in [2.45, 2.75) is 32.8 Å². The number of H-pyrrole nitrogens is 1. The SMILES string of the molecule is CC(C)Oc1ccc2[nH]nc(-c3ccnc(N4CCCC(CO)C4)c3)c2c1. The summed E-state index contributed by atoms with van der Waals surface area (Å²) in [7, 11) is 0. The summed E-state index contributed by atoms with van der Waals surface area (Å²) in [5.41, 5.74) is 2.91. The number of aromatic nitrogens is 3. The minimum Gasteiger partial charge on any atom is -0.491 e. The largest absolute Gasteiger partial charge is 0.491 e. The van der Waals surface area contributed by atoms with Crippen LogP contribution in [0.5, 0.6) is 5.75 Å². The fraction of sp³-hybridized carbons (Fsp3) is 0.429. The molecule has 27 heavy (non-hydrogen) atoms. The molecule has 2 N–H and O–H groups in total. The van der Waals surface area contributed by atoms with Crippen LogP contribution in [-0.2, 0) is 0 Å². The minimum atomic E-state index is 0.129. The van der Waals surface area contributed by atoms with E-state index in [2.05, 4.69) is 26.1 Å². The molecule has 0 spiro atoms. The number of aromatic amines is 1. The molecule has 1 atom stereocenters. The summed E-state index contributed by atoms with van der Waals surface area (Å²) in [5, 5.41) is 18.2. The highest BCUT2D eigenvalue weighted by Crippen LogP contribution is 2.31. The van der Waals surface area contributed by atoms with Gasteiger partial charge in [-0.05, 0) is 62.9 Å². The number of hydrogen-bond donors (Lipinski definition) is 2. The summed E-state index contributed by atoms with van der Waals surface area (Å²) in [5.74, 6) is 2.11. The van der Waals surface area contributed by atoms with Gasteiger partial charge in [0.2, 0.25) is 0 Å². The Morgan fingerprint density at radius 3 is 3.00 bits per heavy atom. The lowest BCUT2D eigenvalue weighted by atomic mass is 9.99. The minimum absolute atomic E-state index is 0.129. The van der Waals surface area contributed by atoms with Gasteiger partial charge in [-0.1, -0.05) is 0 Å². The predicted octanol–water partition coefficient (Wildman–Crippen LogP) is 3.62. The summed E-state index contributed by atoms with van der Waals surface area (Å²) in [6.07, 6.45) is 4.12. The second kappa shape index (κ2) is 7.56. The number of piperidine rings is 1. The van der Waals surface area contributed by atoms with Crippen molar-refractivity contribution in [2.75, 3.05) is 24.6 Å². The molecular weight excluding hydrogens is 340 g/mol. The zero-order chi connectivity index (χ0) is 18.8. The van der Waals surface area contributed by atoms with Gasteiger partial charge in [0.1, 0.15) is 17.3 Å². The maximum absolute atomic E-state index is 9.49. The van der Waals surface area contributed by atoms with Crippen LogP contribution in [0.1, 0.15) is 26.7 Å². The Labute approximate surface area is 159 Å². The van der Waals surface area contributed by atoms with Gasteiger partial charge in [-0.25, -0.2) is 4.98 Å². The normalized spacial score (nSPS) is 17.6. The van der Waals surface area contributed by atoms with Gasteiger partial charge in [-0.15, -0.1) is 0 Å². The number of aliphatic hydroxyl groups excluding tert-OH is 1. The Kier molecular flexibility index (Phi) is 4.99. The summed E-state index contributed by atoms with van der Waals surface area (Å²) in [4.78, 5) is 6.82. The van der Waals surface area contributed by atoms with Crippen LogP contribution in [0, 0.1) is 5.92 Å². The Balaban J connectivity index is 1.67. The number of hydrogen-bond acceptors (Lipinski definition) is 5. The third kappa shape index (κ3) is 3.76. The first-order valence-electron chi connectivity index (χ1n) is 9.61. The van der Waals surface area contributed by atoms with E-state index in [-0.39, 0.29) is 12.7 Å². The van der Waals surface area contributed by atoms with Gasteiger partial charge in [0, 0.05) is 36.8 Å². The second-order valence-electron chi connectivity index (χ2n) is 7.49. The molecule has 142 valence electrons. The van der Waals surface area contributed by atoms with Gasteiger partial charge < -0.3 is 14.7 Å². The molecule has 1 aliphatic rings. The highest BCUT2D eigenvalue weighted by atomic mass is 16.5. The molecule has 4 rings (SSSR count). The fourth-order valence-corrected chi connectivity index (χ4v) is 3.72. The monoisotopic (exact) mass is 366 g/mol. The number of rotatable bonds is 5. The number of benzene rings is 1. The van der Waals surface area contributed by atoms with E-state index in [9.17, 15) is 5.11 Å². The zero-order valence-electron chi connectivity index (χ0n) is 15.9. The molecule has 0 aliphatic carbocycles. The standard InChI is InChI=1S/C21H26N4O2/c1-14(2)27-17-5-6-19-18(11-17)21(24-23-19)16-7-8-22-20(10-16)25-9-3-4-15(12-25)13-26/h5-8,10-11,14-15,26H,3-4,9,12-13H2,1-2H3,(H,23,24). The van der Waals surface area contributed by atoms with Crippen molar-refractivity contribution in [3.8, 4) is 17.0 Å². The van der Waals surface area contributed by atoms with Crippen LogP contribution in [0.2, 0.25) is 0 Å². The van der Waals surface area contributed by atoms with E-state index in [1.165, 1.54) is 0 Å². The van der Waals surface area contributed by atoms with Crippen molar-refractivity contribution in [2.24, 2.45) is 5.92 Å². The van der Waals surface area contributed by atoms with Crippen LogP contribution in [0.15, 0.2) is 36.5 Å². The third-order valence-corrected chi connectivity index (χ3v) is 5.03. The van der Waals surface area contributed by atoms with Crippen LogP contribution in [0.3, 0.4) is 0 Å². The average Bonchev–Trinajstić information content (AvgIpc) is 3.11. The highest BCUT2D eigenvalue weighted by Gasteiger charge is 2.21. The molecule has 3 heterocycles. The molecule has 1 aliphatic heterocycles. The number of nitrogens with one attached hydrogen (secondary N) is 1. The molecule has 3 aromatic rings. The maximum Gasteiger partial charge on any atom is 0.129 e. The topological polar surface area (TPSA) is 74.3 Å². The number of anilines is 1. The predicted molar refractivity (Wildman–Crippen MR) is 107 cm³/mol. The van der Waals surface area contributed by atoms with Gasteiger partial charge in [0.25, 0.3) is 0 Å². The first-order chi connectivity index (χ1) is 13.1. The Morgan fingerprint density at radius 2 is 2.19 bits per heavy atom. The van der Waals surface area contributed by atoms with Crippen molar-refractivity contribution in [1.82, 2.24) is 15.2 Å². The Hall–Kier alpha value is -2.60. The van der Waals surface area contributed by atoms with Crippen LogP contribution in [-0.4, -0.2) is 46.1 Å². The molecule has 6 heteroatoms. The number of aliphatic hydroxyl groups is 1. The first-order valence-corrected chi connectivity index (χ1v) is 9.61. The zero-order valence-corrected chi connectivity index (χ0v) is 15.9. The number of fused-ring (bicyclic) bond motifs is 1. The summed E-state index contributed by atoms with van der Waals surface area (Å²) in [6, 6.07) is 10.1.